The van der Waals surface area contributed by atoms with Crippen molar-refractivity contribution in [2.75, 3.05) is 42.9 Å². The molecule has 2 fully saturated rings. The number of ether oxygens (including phenoxy) is 2. The van der Waals surface area contributed by atoms with Crippen LogP contribution in [-0.2, 0) is 25.7 Å². The van der Waals surface area contributed by atoms with E-state index >= 15 is 0 Å². The van der Waals surface area contributed by atoms with Crippen molar-refractivity contribution in [3.63, 3.8) is 0 Å². The number of anilines is 2. The maximum Gasteiger partial charge on any atom is 0.243 e. The molecule has 4 N–H and O–H groups in total. The van der Waals surface area contributed by atoms with Crippen molar-refractivity contribution in [3.8, 4) is 0 Å². The molecule has 5 rings (SSSR count). The molecule has 0 bridgehead atoms. The zero-order valence-electron chi connectivity index (χ0n) is 26.1. The zero-order chi connectivity index (χ0) is 32.1. The molecular formula is C34H44N6O6. The number of carbonyl (C=O) groups is 2. The highest BCUT2D eigenvalue weighted by molar-refractivity contribution is 5.90. The Kier molecular flexibility index (Phi) is 12.4. The molecule has 0 radical (unpaired) electrons. The third-order valence-electron chi connectivity index (χ3n) is 8.43. The van der Waals surface area contributed by atoms with Gasteiger partial charge in [0.1, 0.15) is 0 Å². The number of carbonyl (C=O) groups excluding carboxylic acids is 2. The summed E-state index contributed by atoms with van der Waals surface area (Å²) in [5.74, 6) is 0.315. The van der Waals surface area contributed by atoms with Crippen molar-refractivity contribution in [1.82, 2.24) is 20.3 Å². The van der Waals surface area contributed by atoms with Gasteiger partial charge in [-0.3, -0.25) is 19.7 Å². The number of hydroxylamine groups is 1. The van der Waals surface area contributed by atoms with Crippen molar-refractivity contribution in [2.45, 2.75) is 70.1 Å². The van der Waals surface area contributed by atoms with Crippen molar-refractivity contribution in [2.24, 2.45) is 0 Å². The summed E-state index contributed by atoms with van der Waals surface area (Å²) in [5.41, 5.74) is 5.11. The molecule has 2 aliphatic rings. The lowest BCUT2D eigenvalue weighted by molar-refractivity contribution is -0.253. The topological polar surface area (TPSA) is 149 Å². The van der Waals surface area contributed by atoms with E-state index in [1.165, 1.54) is 0 Å². The molecule has 3 atom stereocenters. The van der Waals surface area contributed by atoms with Crippen LogP contribution in [0.5, 0.6) is 0 Å². The predicted octanol–water partition coefficient (Wildman–Crippen LogP) is 4.12. The number of aromatic nitrogens is 2. The van der Waals surface area contributed by atoms with Crippen LogP contribution in [0.2, 0.25) is 0 Å². The van der Waals surface area contributed by atoms with Crippen molar-refractivity contribution in [1.29, 1.82) is 0 Å². The molecular weight excluding hydrogens is 588 g/mol. The zero-order valence-corrected chi connectivity index (χ0v) is 26.1. The third kappa shape index (κ3) is 9.78. The van der Waals surface area contributed by atoms with Gasteiger partial charge in [-0.05, 0) is 42.2 Å². The molecule has 12 heteroatoms. The molecule has 0 saturated carbocycles. The quantitative estimate of drug-likeness (QED) is 0.116. The van der Waals surface area contributed by atoms with Crippen molar-refractivity contribution < 1.29 is 29.4 Å². The molecule has 2 amide bonds. The second-order valence-electron chi connectivity index (χ2n) is 11.8. The number of hydrogen-bond donors (Lipinski definition) is 4. The van der Waals surface area contributed by atoms with Crippen molar-refractivity contribution >= 4 is 23.5 Å². The van der Waals surface area contributed by atoms with Crippen LogP contribution in [0.1, 0.15) is 74.0 Å². The van der Waals surface area contributed by atoms with Gasteiger partial charge in [0.25, 0.3) is 0 Å². The first-order valence-electron chi connectivity index (χ1n) is 16.1. The van der Waals surface area contributed by atoms with Crippen LogP contribution in [0.25, 0.3) is 0 Å². The Bertz CT molecular complexity index is 1370. The molecule has 2 aromatic carbocycles. The van der Waals surface area contributed by atoms with E-state index in [9.17, 15) is 14.7 Å². The summed E-state index contributed by atoms with van der Waals surface area (Å²) in [6.45, 7) is 4.23. The predicted molar refractivity (Wildman–Crippen MR) is 172 cm³/mol. The largest absolute Gasteiger partial charge is 0.392 e. The Morgan fingerprint density at radius 3 is 2.13 bits per heavy atom. The number of aliphatic hydroxyl groups is 1. The number of aliphatic hydroxyl groups excluding tert-OH is 1. The molecule has 1 aromatic heterocycles. The van der Waals surface area contributed by atoms with E-state index in [2.05, 4.69) is 25.1 Å². The van der Waals surface area contributed by atoms with Crippen LogP contribution in [0.15, 0.2) is 67.0 Å². The average Bonchev–Trinajstić information content (AvgIpc) is 3.10. The van der Waals surface area contributed by atoms with Gasteiger partial charge < -0.3 is 24.8 Å². The number of unbranched alkanes of at least 4 members (excludes halogenated alkanes) is 3. The van der Waals surface area contributed by atoms with Gasteiger partial charge in [0.2, 0.25) is 17.8 Å². The third-order valence-corrected chi connectivity index (χ3v) is 8.43. The Labute approximate surface area is 269 Å². The molecule has 12 nitrogen and oxygen atoms in total. The van der Waals surface area contributed by atoms with E-state index < -0.39 is 6.29 Å². The van der Waals surface area contributed by atoms with Crippen LogP contribution < -0.4 is 15.7 Å². The fourth-order valence-electron chi connectivity index (χ4n) is 5.83. The SMILES string of the molecule is O=C(CCCCCCC(=O)Nc1ccc([C@H]2O[C@@H](CN3CCN(c4ncccn4)CC3)C[C@@H](c3ccc(CO)cc3)O2)cc1)NO. The van der Waals surface area contributed by atoms with E-state index in [0.717, 1.165) is 74.6 Å². The minimum atomic E-state index is -0.571. The lowest BCUT2D eigenvalue weighted by Gasteiger charge is -2.40. The number of rotatable bonds is 14. The molecule has 0 aliphatic carbocycles. The van der Waals surface area contributed by atoms with Gasteiger partial charge in [0.15, 0.2) is 6.29 Å². The molecule has 2 saturated heterocycles. The van der Waals surface area contributed by atoms with Gasteiger partial charge in [-0.15, -0.1) is 0 Å². The summed E-state index contributed by atoms with van der Waals surface area (Å²) in [4.78, 5) is 37.0. The summed E-state index contributed by atoms with van der Waals surface area (Å²) in [5, 5.41) is 21.0. The van der Waals surface area contributed by atoms with Gasteiger partial charge in [-0.1, -0.05) is 49.2 Å². The Hall–Kier alpha value is -3.94. The lowest BCUT2D eigenvalue weighted by atomic mass is 9.99. The van der Waals surface area contributed by atoms with Gasteiger partial charge in [0, 0.05) is 75.6 Å². The summed E-state index contributed by atoms with van der Waals surface area (Å²) < 4.78 is 13.0. The van der Waals surface area contributed by atoms with E-state index in [-0.39, 0.29) is 37.0 Å². The molecule has 46 heavy (non-hydrogen) atoms. The number of benzene rings is 2. The normalized spacial score (nSPS) is 20.3. The highest BCUT2D eigenvalue weighted by Gasteiger charge is 2.34. The van der Waals surface area contributed by atoms with E-state index in [1.807, 2.05) is 54.6 Å². The second-order valence-corrected chi connectivity index (χ2v) is 11.8. The highest BCUT2D eigenvalue weighted by Crippen LogP contribution is 2.38. The van der Waals surface area contributed by atoms with Crippen LogP contribution in [0.3, 0.4) is 0 Å². The number of hydrogen-bond acceptors (Lipinski definition) is 10. The van der Waals surface area contributed by atoms with Crippen LogP contribution in [0, 0.1) is 0 Å². The summed E-state index contributed by atoms with van der Waals surface area (Å²) in [6.07, 6.45) is 7.19. The summed E-state index contributed by atoms with van der Waals surface area (Å²) >= 11 is 0. The Morgan fingerprint density at radius 2 is 1.48 bits per heavy atom. The summed E-state index contributed by atoms with van der Waals surface area (Å²) in [7, 11) is 0. The van der Waals surface area contributed by atoms with Gasteiger partial charge in [-0.25, -0.2) is 15.4 Å². The fraction of sp³-hybridized carbons (Fsp3) is 0.471. The maximum atomic E-state index is 12.5. The fourth-order valence-corrected chi connectivity index (χ4v) is 5.83. The monoisotopic (exact) mass is 632 g/mol. The number of nitrogens with one attached hydrogen (secondary N) is 2. The van der Waals surface area contributed by atoms with Gasteiger partial charge >= 0.3 is 0 Å². The first-order chi connectivity index (χ1) is 22.5. The number of amides is 2. The summed E-state index contributed by atoms with van der Waals surface area (Å²) in [6, 6.07) is 17.3. The minimum Gasteiger partial charge on any atom is -0.392 e. The van der Waals surface area contributed by atoms with E-state index in [4.69, 9.17) is 14.7 Å². The minimum absolute atomic E-state index is 0.00540. The van der Waals surface area contributed by atoms with E-state index in [1.54, 1.807) is 17.9 Å². The average molecular weight is 633 g/mol. The van der Waals surface area contributed by atoms with Crippen LogP contribution >= 0.6 is 0 Å². The standard InChI is InChI=1S/C34H44N6O6/c41-24-25-8-10-26(11-9-25)30-22-29(23-39-18-20-40(21-19-39)34-35-16-5-17-36-34)45-33(46-30)27-12-14-28(15-13-27)37-31(42)6-3-1-2-4-7-32(43)38-44/h5,8-17,29-30,33,41,44H,1-4,6-7,18-24H2,(H,37,42)(H,38,43)/t29-,30+,33+/m1/s1. The molecule has 3 aromatic rings. The Morgan fingerprint density at radius 1 is 0.826 bits per heavy atom. The number of piperazine rings is 1. The molecule has 0 unspecified atom stereocenters. The first kappa shape index (κ1) is 33.4. The van der Waals surface area contributed by atoms with Gasteiger partial charge in [-0.2, -0.15) is 0 Å². The number of nitrogens with zero attached hydrogens (tertiary/aromatic N) is 4. The van der Waals surface area contributed by atoms with Crippen LogP contribution in [0.4, 0.5) is 11.6 Å². The molecule has 246 valence electrons. The Balaban J connectivity index is 1.16. The lowest BCUT2D eigenvalue weighted by Crippen LogP contribution is -2.50. The van der Waals surface area contributed by atoms with E-state index in [0.29, 0.717) is 24.9 Å². The highest BCUT2D eigenvalue weighted by atomic mass is 16.7. The van der Waals surface area contributed by atoms with Crippen LogP contribution in [-0.4, -0.2) is 75.8 Å². The molecule has 0 spiro atoms. The smallest absolute Gasteiger partial charge is 0.243 e. The second kappa shape index (κ2) is 17.1. The maximum absolute atomic E-state index is 12.5. The molecule has 2 aliphatic heterocycles. The van der Waals surface area contributed by atoms with Gasteiger partial charge in [0.05, 0.1) is 18.8 Å². The van der Waals surface area contributed by atoms with Crippen molar-refractivity contribution in [3.05, 3.63) is 83.7 Å². The first-order valence-corrected chi connectivity index (χ1v) is 16.1. The molecule has 3 heterocycles.